The number of benzene rings is 1. The Bertz CT molecular complexity index is 705. The lowest BCUT2D eigenvalue weighted by Crippen LogP contribution is -2.35. The lowest BCUT2D eigenvalue weighted by atomic mass is 9.69. The van der Waals surface area contributed by atoms with Crippen LogP contribution < -0.4 is 0 Å². The number of halogens is 3. The molecule has 0 spiro atoms. The van der Waals surface area contributed by atoms with Gasteiger partial charge in [0.25, 0.3) is 0 Å². The Hall–Kier alpha value is -1.29. The van der Waals surface area contributed by atoms with Crippen molar-refractivity contribution in [1.82, 2.24) is 0 Å². The summed E-state index contributed by atoms with van der Waals surface area (Å²) in [5.74, 6) is -0.692. The molecule has 3 unspecified atom stereocenters. The number of rotatable bonds is 4. The van der Waals surface area contributed by atoms with Gasteiger partial charge < -0.3 is 4.74 Å². The molecule has 1 saturated heterocycles. The molecule has 1 aromatic rings. The average molecular weight is 407 g/mol. The van der Waals surface area contributed by atoms with E-state index in [1.165, 1.54) is 44.9 Å². The number of hydrogen-bond acceptors (Lipinski definition) is 1. The quantitative estimate of drug-likeness (QED) is 0.477. The van der Waals surface area contributed by atoms with Crippen molar-refractivity contribution in [2.45, 2.75) is 77.2 Å². The first-order chi connectivity index (χ1) is 14.0. The zero-order valence-electron chi connectivity index (χ0n) is 17.4. The molecule has 1 nitrogen and oxygen atoms in total. The minimum atomic E-state index is -1.38. The summed E-state index contributed by atoms with van der Waals surface area (Å²) in [5, 5.41) is 0. The summed E-state index contributed by atoms with van der Waals surface area (Å²) in [6, 6.07) is 2.26. The molecule has 0 aromatic heterocycles. The van der Waals surface area contributed by atoms with Crippen molar-refractivity contribution in [3.8, 4) is 0 Å². The van der Waals surface area contributed by atoms with Crippen LogP contribution in [0.2, 0.25) is 0 Å². The Labute approximate surface area is 172 Å². The predicted molar refractivity (Wildman–Crippen MR) is 110 cm³/mol. The van der Waals surface area contributed by atoms with Gasteiger partial charge in [-0.25, -0.2) is 13.2 Å². The highest BCUT2D eigenvalue weighted by Crippen LogP contribution is 2.43. The summed E-state index contributed by atoms with van der Waals surface area (Å²) in [6.07, 6.45) is 14.3. The van der Waals surface area contributed by atoms with Crippen molar-refractivity contribution in [2.75, 3.05) is 6.61 Å². The molecule has 0 radical (unpaired) electrons. The van der Waals surface area contributed by atoms with E-state index in [1.54, 1.807) is 0 Å². The van der Waals surface area contributed by atoms with E-state index < -0.39 is 17.5 Å². The first-order valence-electron chi connectivity index (χ1n) is 11.5. The summed E-state index contributed by atoms with van der Waals surface area (Å²) in [7, 11) is 0. The van der Waals surface area contributed by atoms with Crippen LogP contribution in [0.4, 0.5) is 13.2 Å². The topological polar surface area (TPSA) is 9.23 Å². The van der Waals surface area contributed by atoms with Crippen LogP contribution in [0.5, 0.6) is 0 Å². The van der Waals surface area contributed by atoms with E-state index in [0.717, 1.165) is 61.3 Å². The molecule has 3 atom stereocenters. The summed E-state index contributed by atoms with van der Waals surface area (Å²) in [4.78, 5) is 0. The minimum absolute atomic E-state index is 0.472. The van der Waals surface area contributed by atoms with Gasteiger partial charge in [-0.05, 0) is 105 Å². The fraction of sp³-hybridized carbons (Fsp3) is 0.680. The second-order valence-corrected chi connectivity index (χ2v) is 9.42. The van der Waals surface area contributed by atoms with Gasteiger partial charge in [-0.1, -0.05) is 19.4 Å². The van der Waals surface area contributed by atoms with Crippen molar-refractivity contribution in [2.24, 2.45) is 23.7 Å². The van der Waals surface area contributed by atoms with Crippen LogP contribution >= 0.6 is 0 Å². The van der Waals surface area contributed by atoms with Crippen LogP contribution in [0.3, 0.4) is 0 Å². The van der Waals surface area contributed by atoms with Crippen molar-refractivity contribution in [3.05, 3.63) is 41.2 Å². The smallest absolute Gasteiger partial charge is 0.194 e. The van der Waals surface area contributed by atoms with Gasteiger partial charge in [0.1, 0.15) is 0 Å². The molecule has 0 amide bonds. The van der Waals surface area contributed by atoms with E-state index in [-0.39, 0.29) is 0 Å². The molecule has 1 aromatic carbocycles. The van der Waals surface area contributed by atoms with Gasteiger partial charge >= 0.3 is 0 Å². The third-order valence-electron chi connectivity index (χ3n) is 7.80. The van der Waals surface area contributed by atoms with Crippen molar-refractivity contribution in [3.63, 3.8) is 0 Å². The molecule has 2 fully saturated rings. The van der Waals surface area contributed by atoms with Gasteiger partial charge in [0.2, 0.25) is 0 Å². The highest BCUT2D eigenvalue weighted by molar-refractivity contribution is 5.66. The maximum atomic E-state index is 13.5. The SMILES string of the molecule is CCC1CCC(C2CCC(C3CC=C(c4cc(F)c(F)c(F)c4)CC3)CC2)OC1. The monoisotopic (exact) mass is 406 g/mol. The summed E-state index contributed by atoms with van der Waals surface area (Å²) in [5.41, 5.74) is 1.44. The number of allylic oxidation sites excluding steroid dienone is 2. The highest BCUT2D eigenvalue weighted by atomic mass is 19.2. The maximum absolute atomic E-state index is 13.5. The fourth-order valence-electron chi connectivity index (χ4n) is 5.79. The molecule has 1 aliphatic heterocycles. The van der Waals surface area contributed by atoms with E-state index in [2.05, 4.69) is 13.0 Å². The Morgan fingerprint density at radius 3 is 2.10 bits per heavy atom. The molecule has 1 heterocycles. The second kappa shape index (κ2) is 9.24. The van der Waals surface area contributed by atoms with Crippen LogP contribution in [0.1, 0.15) is 76.7 Å². The van der Waals surface area contributed by atoms with Crippen LogP contribution in [0, 0.1) is 41.1 Å². The number of ether oxygens (including phenoxy) is 1. The molecule has 4 heteroatoms. The van der Waals surface area contributed by atoms with Crippen LogP contribution in [-0.2, 0) is 4.74 Å². The van der Waals surface area contributed by atoms with Crippen LogP contribution in [0.15, 0.2) is 18.2 Å². The van der Waals surface area contributed by atoms with Crippen molar-refractivity contribution >= 4 is 5.57 Å². The summed E-state index contributed by atoms with van der Waals surface area (Å²) >= 11 is 0. The first kappa shape index (κ1) is 21.0. The molecule has 29 heavy (non-hydrogen) atoms. The molecular formula is C25H33F3O. The van der Waals surface area contributed by atoms with E-state index >= 15 is 0 Å². The largest absolute Gasteiger partial charge is 0.378 e. The molecule has 0 N–H and O–H groups in total. The van der Waals surface area contributed by atoms with Gasteiger partial charge in [0, 0.05) is 6.61 Å². The Balaban J connectivity index is 1.29. The van der Waals surface area contributed by atoms with Gasteiger partial charge in [-0.15, -0.1) is 0 Å². The minimum Gasteiger partial charge on any atom is -0.378 e. The van der Waals surface area contributed by atoms with Gasteiger partial charge in [-0.2, -0.15) is 0 Å². The third kappa shape index (κ3) is 4.73. The van der Waals surface area contributed by atoms with Crippen molar-refractivity contribution in [1.29, 1.82) is 0 Å². The van der Waals surface area contributed by atoms with E-state index in [9.17, 15) is 13.2 Å². The second-order valence-electron chi connectivity index (χ2n) is 9.42. The molecule has 2 aliphatic carbocycles. The fourth-order valence-corrected chi connectivity index (χ4v) is 5.79. The molecule has 0 bridgehead atoms. The first-order valence-corrected chi connectivity index (χ1v) is 11.5. The van der Waals surface area contributed by atoms with Crippen LogP contribution in [-0.4, -0.2) is 12.7 Å². The predicted octanol–water partition coefficient (Wildman–Crippen LogP) is 7.30. The van der Waals surface area contributed by atoms with E-state index in [0.29, 0.717) is 17.6 Å². The lowest BCUT2D eigenvalue weighted by Gasteiger charge is -2.40. The summed E-state index contributed by atoms with van der Waals surface area (Å²) in [6.45, 7) is 3.20. The Kier molecular flexibility index (Phi) is 6.68. The van der Waals surface area contributed by atoms with Crippen molar-refractivity contribution < 1.29 is 17.9 Å². The highest BCUT2D eigenvalue weighted by Gasteiger charge is 2.34. The Morgan fingerprint density at radius 2 is 1.55 bits per heavy atom. The third-order valence-corrected chi connectivity index (χ3v) is 7.80. The summed E-state index contributed by atoms with van der Waals surface area (Å²) < 4.78 is 46.5. The van der Waals surface area contributed by atoms with E-state index in [4.69, 9.17) is 4.74 Å². The zero-order valence-corrected chi connectivity index (χ0v) is 17.4. The standard InChI is InChI=1S/C25H33F3O/c1-2-16-3-12-24(29-15-16)20-10-8-18(9-11-20)17-4-6-19(7-5-17)21-13-22(26)25(28)23(27)14-21/h6,13-14,16-18,20,24H,2-5,7-12,15H2,1H3. The normalized spacial score (nSPS) is 33.4. The molecular weight excluding hydrogens is 373 g/mol. The molecule has 3 aliphatic rings. The van der Waals surface area contributed by atoms with Gasteiger partial charge in [0.15, 0.2) is 17.5 Å². The van der Waals surface area contributed by atoms with Crippen LogP contribution in [0.25, 0.3) is 5.57 Å². The van der Waals surface area contributed by atoms with Gasteiger partial charge in [0.05, 0.1) is 6.10 Å². The molecule has 4 rings (SSSR count). The number of hydrogen-bond donors (Lipinski definition) is 0. The molecule has 160 valence electrons. The Morgan fingerprint density at radius 1 is 0.862 bits per heavy atom. The van der Waals surface area contributed by atoms with E-state index in [1.807, 2.05) is 0 Å². The lowest BCUT2D eigenvalue weighted by molar-refractivity contribution is -0.0603. The maximum Gasteiger partial charge on any atom is 0.194 e. The molecule has 1 saturated carbocycles. The zero-order chi connectivity index (χ0) is 20.4. The average Bonchev–Trinajstić information content (AvgIpc) is 2.77. The van der Waals surface area contributed by atoms with Gasteiger partial charge in [-0.3, -0.25) is 0 Å².